The molecule has 20 heavy (non-hydrogen) atoms. The summed E-state index contributed by atoms with van der Waals surface area (Å²) in [5.41, 5.74) is 0.576. The van der Waals surface area contributed by atoms with Crippen molar-refractivity contribution in [2.45, 2.75) is 44.6 Å². The summed E-state index contributed by atoms with van der Waals surface area (Å²) in [5, 5.41) is 10.00. The van der Waals surface area contributed by atoms with Crippen molar-refractivity contribution in [3.8, 4) is 0 Å². The highest BCUT2D eigenvalue weighted by Gasteiger charge is 2.36. The SMILES string of the molecule is CC(CC(=O)O)(c1ccc(Cl)cc1)N1CCCCCC1. The lowest BCUT2D eigenvalue weighted by molar-refractivity contribution is -0.140. The fraction of sp³-hybridized carbons (Fsp3) is 0.562. The van der Waals surface area contributed by atoms with Gasteiger partial charge in [-0.3, -0.25) is 9.69 Å². The molecule has 0 saturated carbocycles. The van der Waals surface area contributed by atoms with Crippen molar-refractivity contribution in [2.75, 3.05) is 13.1 Å². The molecular weight excluding hydrogens is 274 g/mol. The van der Waals surface area contributed by atoms with E-state index < -0.39 is 11.5 Å². The predicted molar refractivity (Wildman–Crippen MR) is 81.1 cm³/mol. The summed E-state index contributed by atoms with van der Waals surface area (Å²) in [4.78, 5) is 13.7. The molecule has 1 atom stereocenters. The molecule has 1 unspecified atom stereocenters. The van der Waals surface area contributed by atoms with Crippen molar-refractivity contribution in [3.63, 3.8) is 0 Å². The molecule has 1 saturated heterocycles. The highest BCUT2D eigenvalue weighted by molar-refractivity contribution is 6.30. The highest BCUT2D eigenvalue weighted by atomic mass is 35.5. The average Bonchev–Trinajstić information content (AvgIpc) is 2.67. The van der Waals surface area contributed by atoms with Gasteiger partial charge in [0.2, 0.25) is 0 Å². The first-order valence-electron chi connectivity index (χ1n) is 7.25. The molecule has 1 aromatic rings. The van der Waals surface area contributed by atoms with Gasteiger partial charge in [-0.15, -0.1) is 0 Å². The molecule has 1 aromatic carbocycles. The maximum atomic E-state index is 11.3. The van der Waals surface area contributed by atoms with Crippen LogP contribution in [0.2, 0.25) is 5.02 Å². The Balaban J connectivity index is 2.32. The molecule has 0 aromatic heterocycles. The number of nitrogens with zero attached hydrogens (tertiary/aromatic N) is 1. The van der Waals surface area contributed by atoms with Crippen LogP contribution in [0.25, 0.3) is 0 Å². The summed E-state index contributed by atoms with van der Waals surface area (Å²) in [5.74, 6) is -0.758. The number of rotatable bonds is 4. The maximum absolute atomic E-state index is 11.3. The molecule has 2 rings (SSSR count). The molecule has 0 radical (unpaired) electrons. The van der Waals surface area contributed by atoms with Crippen LogP contribution in [-0.2, 0) is 10.3 Å². The Morgan fingerprint density at radius 3 is 2.25 bits per heavy atom. The summed E-state index contributed by atoms with van der Waals surface area (Å²) >= 11 is 5.95. The van der Waals surface area contributed by atoms with Crippen LogP contribution in [0.4, 0.5) is 0 Å². The van der Waals surface area contributed by atoms with E-state index in [0.717, 1.165) is 31.5 Å². The number of carboxylic acids is 1. The summed E-state index contributed by atoms with van der Waals surface area (Å²) in [6, 6.07) is 7.59. The van der Waals surface area contributed by atoms with Crippen molar-refractivity contribution < 1.29 is 9.90 Å². The molecule has 110 valence electrons. The number of carboxylic acid groups (broad SMARTS) is 1. The molecule has 0 bridgehead atoms. The maximum Gasteiger partial charge on any atom is 0.305 e. The van der Waals surface area contributed by atoms with Gasteiger partial charge in [-0.25, -0.2) is 0 Å². The molecule has 0 spiro atoms. The van der Waals surface area contributed by atoms with Crippen LogP contribution in [0.3, 0.4) is 0 Å². The lowest BCUT2D eigenvalue weighted by atomic mass is 9.86. The Labute approximate surface area is 125 Å². The van der Waals surface area contributed by atoms with Gasteiger partial charge in [0.05, 0.1) is 12.0 Å². The minimum atomic E-state index is -0.758. The zero-order valence-corrected chi connectivity index (χ0v) is 12.7. The number of likely N-dealkylation sites (tertiary alicyclic amines) is 1. The van der Waals surface area contributed by atoms with Gasteiger partial charge in [0, 0.05) is 5.02 Å². The van der Waals surface area contributed by atoms with Crippen molar-refractivity contribution in [2.24, 2.45) is 0 Å². The molecular formula is C16H22ClNO2. The van der Waals surface area contributed by atoms with E-state index in [1.807, 2.05) is 31.2 Å². The van der Waals surface area contributed by atoms with Crippen LogP contribution in [-0.4, -0.2) is 29.1 Å². The standard InChI is InChI=1S/C16H22ClNO2/c1-16(12-15(19)20,13-6-8-14(17)9-7-13)18-10-4-2-3-5-11-18/h6-9H,2-5,10-12H2,1H3,(H,19,20). The largest absolute Gasteiger partial charge is 0.481 e. The molecule has 0 aliphatic carbocycles. The second-order valence-electron chi connectivity index (χ2n) is 5.75. The predicted octanol–water partition coefficient (Wildman–Crippen LogP) is 3.91. The van der Waals surface area contributed by atoms with Crippen molar-refractivity contribution in [3.05, 3.63) is 34.9 Å². The Kier molecular flexibility index (Phi) is 5.06. The van der Waals surface area contributed by atoms with Crippen molar-refractivity contribution in [1.29, 1.82) is 0 Å². The van der Waals surface area contributed by atoms with Crippen LogP contribution in [0, 0.1) is 0 Å². The van der Waals surface area contributed by atoms with Gasteiger partial charge in [-0.2, -0.15) is 0 Å². The number of aliphatic carboxylic acids is 1. The van der Waals surface area contributed by atoms with Gasteiger partial charge in [0.1, 0.15) is 0 Å². The number of carbonyl (C=O) groups is 1. The molecule has 1 fully saturated rings. The van der Waals surface area contributed by atoms with Gasteiger partial charge in [-0.1, -0.05) is 36.6 Å². The normalized spacial score (nSPS) is 20.1. The first-order valence-corrected chi connectivity index (χ1v) is 7.63. The minimum Gasteiger partial charge on any atom is -0.481 e. The number of benzene rings is 1. The van der Waals surface area contributed by atoms with E-state index in [2.05, 4.69) is 4.90 Å². The van der Waals surface area contributed by atoms with Gasteiger partial charge < -0.3 is 5.11 Å². The quantitative estimate of drug-likeness (QED) is 0.915. The third-order valence-electron chi connectivity index (χ3n) is 4.27. The smallest absolute Gasteiger partial charge is 0.305 e. The van der Waals surface area contributed by atoms with E-state index in [1.54, 1.807) is 0 Å². The van der Waals surface area contributed by atoms with Crippen LogP contribution in [0.5, 0.6) is 0 Å². The molecule has 0 amide bonds. The molecule has 1 heterocycles. The van der Waals surface area contributed by atoms with E-state index in [4.69, 9.17) is 11.6 Å². The second kappa shape index (κ2) is 6.59. The monoisotopic (exact) mass is 295 g/mol. The van der Waals surface area contributed by atoms with Crippen molar-refractivity contribution in [1.82, 2.24) is 4.90 Å². The zero-order chi connectivity index (χ0) is 14.6. The Bertz CT molecular complexity index is 452. The van der Waals surface area contributed by atoms with E-state index in [0.29, 0.717) is 5.02 Å². The highest BCUT2D eigenvalue weighted by Crippen LogP contribution is 2.34. The van der Waals surface area contributed by atoms with E-state index in [1.165, 1.54) is 12.8 Å². The Morgan fingerprint density at radius 2 is 1.75 bits per heavy atom. The molecule has 4 heteroatoms. The zero-order valence-electron chi connectivity index (χ0n) is 11.9. The first-order chi connectivity index (χ1) is 9.52. The number of hydrogen-bond acceptors (Lipinski definition) is 2. The third kappa shape index (κ3) is 3.53. The van der Waals surface area contributed by atoms with Crippen LogP contribution in [0.1, 0.15) is 44.6 Å². The second-order valence-corrected chi connectivity index (χ2v) is 6.19. The number of halogens is 1. The lowest BCUT2D eigenvalue weighted by Crippen LogP contribution is -2.46. The minimum absolute atomic E-state index is 0.120. The van der Waals surface area contributed by atoms with Gasteiger partial charge in [0.25, 0.3) is 0 Å². The number of hydrogen-bond donors (Lipinski definition) is 1. The van der Waals surface area contributed by atoms with Crippen molar-refractivity contribution >= 4 is 17.6 Å². The topological polar surface area (TPSA) is 40.5 Å². The lowest BCUT2D eigenvalue weighted by Gasteiger charge is -2.40. The molecule has 3 nitrogen and oxygen atoms in total. The van der Waals surface area contributed by atoms with E-state index in [9.17, 15) is 9.90 Å². The van der Waals surface area contributed by atoms with E-state index in [-0.39, 0.29) is 6.42 Å². The summed E-state index contributed by atoms with van der Waals surface area (Å²) < 4.78 is 0. The Morgan fingerprint density at radius 1 is 1.20 bits per heavy atom. The third-order valence-corrected chi connectivity index (χ3v) is 4.52. The van der Waals surface area contributed by atoms with Crippen LogP contribution >= 0.6 is 11.6 Å². The summed E-state index contributed by atoms with van der Waals surface area (Å²) in [6.45, 7) is 3.97. The van der Waals surface area contributed by atoms with Crippen LogP contribution in [0.15, 0.2) is 24.3 Å². The van der Waals surface area contributed by atoms with Gasteiger partial charge in [0.15, 0.2) is 0 Å². The van der Waals surface area contributed by atoms with Gasteiger partial charge >= 0.3 is 5.97 Å². The molecule has 1 aliphatic heterocycles. The summed E-state index contributed by atoms with van der Waals surface area (Å²) in [6.07, 6.45) is 4.88. The average molecular weight is 296 g/mol. The van der Waals surface area contributed by atoms with Gasteiger partial charge in [-0.05, 0) is 50.6 Å². The van der Waals surface area contributed by atoms with Crippen LogP contribution < -0.4 is 0 Å². The molecule has 1 N–H and O–H groups in total. The summed E-state index contributed by atoms with van der Waals surface area (Å²) in [7, 11) is 0. The Hall–Kier alpha value is -1.06. The molecule has 1 aliphatic rings. The van der Waals surface area contributed by atoms with E-state index >= 15 is 0 Å². The fourth-order valence-corrected chi connectivity index (χ4v) is 3.19. The first kappa shape index (κ1) is 15.3. The fourth-order valence-electron chi connectivity index (χ4n) is 3.06.